The summed E-state index contributed by atoms with van der Waals surface area (Å²) in [4.78, 5) is -0.455. The van der Waals surface area contributed by atoms with Gasteiger partial charge in [-0.3, -0.25) is 0 Å². The van der Waals surface area contributed by atoms with Crippen molar-refractivity contribution in [3.05, 3.63) is 29.6 Å². The Morgan fingerprint density at radius 1 is 1.36 bits per heavy atom. The molecule has 4 nitrogen and oxygen atoms in total. The molecule has 1 unspecified atom stereocenters. The molecule has 1 aliphatic heterocycles. The van der Waals surface area contributed by atoms with E-state index in [9.17, 15) is 26.0 Å². The summed E-state index contributed by atoms with van der Waals surface area (Å²) in [5.41, 5.74) is -1.47. The fourth-order valence-corrected chi connectivity index (χ4v) is 4.05. The molecule has 1 saturated heterocycles. The molecule has 1 aromatic rings. The van der Waals surface area contributed by atoms with E-state index in [-0.39, 0.29) is 19.0 Å². The Labute approximate surface area is 126 Å². The number of nitrogens with zero attached hydrogens (tertiary/aromatic N) is 1. The second-order valence-electron chi connectivity index (χ2n) is 5.21. The van der Waals surface area contributed by atoms with Crippen molar-refractivity contribution in [3.63, 3.8) is 0 Å². The quantitative estimate of drug-likeness (QED) is 0.854. The van der Waals surface area contributed by atoms with Gasteiger partial charge in [0.25, 0.3) is 0 Å². The summed E-state index contributed by atoms with van der Waals surface area (Å²) < 4.78 is 77.0. The van der Waals surface area contributed by atoms with Crippen LogP contribution in [-0.2, 0) is 16.2 Å². The van der Waals surface area contributed by atoms with Crippen molar-refractivity contribution in [3.8, 4) is 0 Å². The number of benzene rings is 1. The van der Waals surface area contributed by atoms with Crippen molar-refractivity contribution in [2.75, 3.05) is 26.7 Å². The zero-order chi connectivity index (χ0) is 16.5. The zero-order valence-electron chi connectivity index (χ0n) is 11.8. The highest BCUT2D eigenvalue weighted by molar-refractivity contribution is 7.89. The van der Waals surface area contributed by atoms with E-state index >= 15 is 0 Å². The molecule has 9 heteroatoms. The van der Waals surface area contributed by atoms with Crippen molar-refractivity contribution in [1.82, 2.24) is 9.62 Å². The lowest BCUT2D eigenvalue weighted by atomic mass is 10.1. The average molecular weight is 340 g/mol. The Hall–Kier alpha value is -1.19. The molecule has 2 rings (SSSR count). The molecule has 1 atom stereocenters. The van der Waals surface area contributed by atoms with Crippen LogP contribution in [-0.4, -0.2) is 39.4 Å². The van der Waals surface area contributed by atoms with Gasteiger partial charge in [0.05, 0.1) is 10.5 Å². The summed E-state index contributed by atoms with van der Waals surface area (Å²) >= 11 is 0. The molecule has 0 saturated carbocycles. The maximum absolute atomic E-state index is 13.5. The molecule has 22 heavy (non-hydrogen) atoms. The van der Waals surface area contributed by atoms with Gasteiger partial charge in [-0.1, -0.05) is 0 Å². The van der Waals surface area contributed by atoms with E-state index in [1.807, 2.05) is 0 Å². The Balaban J connectivity index is 2.26. The molecular weight excluding hydrogens is 324 g/mol. The summed E-state index contributed by atoms with van der Waals surface area (Å²) in [6.45, 7) is 1.19. The molecule has 1 N–H and O–H groups in total. The van der Waals surface area contributed by atoms with Gasteiger partial charge in [0.1, 0.15) is 5.82 Å². The van der Waals surface area contributed by atoms with Crippen LogP contribution in [0.15, 0.2) is 23.1 Å². The van der Waals surface area contributed by atoms with Gasteiger partial charge in [0.2, 0.25) is 10.0 Å². The number of hydrogen-bond donors (Lipinski definition) is 1. The summed E-state index contributed by atoms with van der Waals surface area (Å²) in [6, 6.07) is 1.69. The number of halogens is 4. The van der Waals surface area contributed by atoms with Gasteiger partial charge in [-0.05, 0) is 44.1 Å². The number of alkyl halides is 3. The average Bonchev–Trinajstić information content (AvgIpc) is 2.87. The van der Waals surface area contributed by atoms with Crippen LogP contribution in [0.1, 0.15) is 12.0 Å². The fourth-order valence-electron chi connectivity index (χ4n) is 2.51. The monoisotopic (exact) mass is 340 g/mol. The van der Waals surface area contributed by atoms with Gasteiger partial charge in [0, 0.05) is 13.1 Å². The van der Waals surface area contributed by atoms with Gasteiger partial charge in [-0.2, -0.15) is 17.5 Å². The third-order valence-electron chi connectivity index (χ3n) is 3.63. The standard InChI is InChI=1S/C13H16F4N2O2S/c1-18-7-9-4-5-19(8-9)22(20,21)10-2-3-11(12(14)6-10)13(15,16)17/h2-3,6,9,18H,4-5,7-8H2,1H3. The molecule has 124 valence electrons. The number of hydrogen-bond acceptors (Lipinski definition) is 3. The molecule has 1 aliphatic rings. The van der Waals surface area contributed by atoms with Gasteiger partial charge in [-0.25, -0.2) is 12.8 Å². The summed E-state index contributed by atoms with van der Waals surface area (Å²) in [5.74, 6) is -1.45. The smallest absolute Gasteiger partial charge is 0.319 e. The lowest BCUT2D eigenvalue weighted by Gasteiger charge is -2.17. The third kappa shape index (κ3) is 3.41. The van der Waals surface area contributed by atoms with Crippen molar-refractivity contribution in [2.45, 2.75) is 17.5 Å². The maximum atomic E-state index is 13.5. The normalized spacial score (nSPS) is 20.5. The molecule has 1 heterocycles. The summed E-state index contributed by atoms with van der Waals surface area (Å²) in [6.07, 6.45) is -4.19. The van der Waals surface area contributed by atoms with Crippen molar-refractivity contribution in [1.29, 1.82) is 0 Å². The van der Waals surface area contributed by atoms with Gasteiger partial charge < -0.3 is 5.32 Å². The second-order valence-corrected chi connectivity index (χ2v) is 7.15. The van der Waals surface area contributed by atoms with Crippen LogP contribution >= 0.6 is 0 Å². The Kier molecular flexibility index (Phi) is 4.78. The van der Waals surface area contributed by atoms with Crippen LogP contribution in [0.25, 0.3) is 0 Å². The van der Waals surface area contributed by atoms with Crippen LogP contribution in [0.2, 0.25) is 0 Å². The topological polar surface area (TPSA) is 49.4 Å². The van der Waals surface area contributed by atoms with E-state index in [2.05, 4.69) is 5.32 Å². The molecule has 0 bridgehead atoms. The lowest BCUT2D eigenvalue weighted by Crippen LogP contribution is -2.30. The maximum Gasteiger partial charge on any atom is 0.419 e. The molecule has 0 amide bonds. The molecule has 0 radical (unpaired) electrons. The zero-order valence-corrected chi connectivity index (χ0v) is 12.6. The first-order valence-electron chi connectivity index (χ1n) is 6.67. The third-order valence-corrected chi connectivity index (χ3v) is 5.49. The minimum absolute atomic E-state index is 0.138. The highest BCUT2D eigenvalue weighted by atomic mass is 32.2. The molecule has 1 fully saturated rings. The SMILES string of the molecule is CNCC1CCN(S(=O)(=O)c2ccc(C(F)(F)F)c(F)c2)C1. The molecule has 0 aliphatic carbocycles. The summed E-state index contributed by atoms with van der Waals surface area (Å²) in [5, 5.41) is 2.95. The highest BCUT2D eigenvalue weighted by Crippen LogP contribution is 2.33. The number of nitrogens with one attached hydrogen (secondary N) is 1. The molecule has 1 aromatic carbocycles. The van der Waals surface area contributed by atoms with Crippen LogP contribution < -0.4 is 5.32 Å². The minimum Gasteiger partial charge on any atom is -0.319 e. The first kappa shape index (κ1) is 17.2. The van der Waals surface area contributed by atoms with E-state index in [0.29, 0.717) is 25.1 Å². The Morgan fingerprint density at radius 2 is 2.05 bits per heavy atom. The van der Waals surface area contributed by atoms with E-state index in [0.717, 1.165) is 6.07 Å². The molecule has 0 spiro atoms. The van der Waals surface area contributed by atoms with E-state index in [1.54, 1.807) is 7.05 Å². The van der Waals surface area contributed by atoms with Crippen molar-refractivity contribution in [2.24, 2.45) is 5.92 Å². The van der Waals surface area contributed by atoms with Crippen LogP contribution in [0.5, 0.6) is 0 Å². The molecule has 0 aromatic heterocycles. The van der Waals surface area contributed by atoms with Crippen LogP contribution in [0.3, 0.4) is 0 Å². The largest absolute Gasteiger partial charge is 0.419 e. The van der Waals surface area contributed by atoms with Gasteiger partial charge in [0.15, 0.2) is 0 Å². The number of rotatable bonds is 4. The van der Waals surface area contributed by atoms with Crippen LogP contribution in [0.4, 0.5) is 17.6 Å². The van der Waals surface area contributed by atoms with Crippen LogP contribution in [0, 0.1) is 11.7 Å². The fraction of sp³-hybridized carbons (Fsp3) is 0.538. The van der Waals surface area contributed by atoms with Crippen molar-refractivity contribution < 1.29 is 26.0 Å². The molecular formula is C13H16F4N2O2S. The van der Waals surface area contributed by atoms with Gasteiger partial charge in [-0.15, -0.1) is 0 Å². The Morgan fingerprint density at radius 3 is 2.59 bits per heavy atom. The predicted octanol–water partition coefficient (Wildman–Crippen LogP) is 2.07. The first-order chi connectivity index (χ1) is 10.2. The van der Waals surface area contributed by atoms with E-state index < -0.39 is 32.5 Å². The first-order valence-corrected chi connectivity index (χ1v) is 8.11. The predicted molar refractivity (Wildman–Crippen MR) is 72.2 cm³/mol. The second kappa shape index (κ2) is 6.13. The summed E-state index contributed by atoms with van der Waals surface area (Å²) in [7, 11) is -2.22. The lowest BCUT2D eigenvalue weighted by molar-refractivity contribution is -0.140. The van der Waals surface area contributed by atoms with Gasteiger partial charge >= 0.3 is 6.18 Å². The van der Waals surface area contributed by atoms with Crippen molar-refractivity contribution >= 4 is 10.0 Å². The number of sulfonamides is 1. The van der Waals surface area contributed by atoms with E-state index in [1.165, 1.54) is 4.31 Å². The minimum atomic E-state index is -4.85. The van der Waals surface area contributed by atoms with E-state index in [4.69, 9.17) is 0 Å². The highest BCUT2D eigenvalue weighted by Gasteiger charge is 2.36. The Bertz CT molecular complexity index is 646.